The maximum Gasteiger partial charge on any atom is 0.224 e. The standard InChI is InChI=1S/C22H28N4OS2/c1-28-21-19(13-10-15-23-21)24-20(27)14-6-4-2-3-5-9-16-29-22-25-17-11-7-8-12-18(17)26-22/h7-8,10-13,15H,2-6,9,14,16H2,1H3,(H,24,27)(H,25,26). The molecule has 1 aromatic carbocycles. The molecular weight excluding hydrogens is 400 g/mol. The summed E-state index contributed by atoms with van der Waals surface area (Å²) in [5.41, 5.74) is 2.95. The van der Waals surface area contributed by atoms with E-state index in [4.69, 9.17) is 0 Å². The highest BCUT2D eigenvalue weighted by Gasteiger charge is 2.07. The Bertz CT molecular complexity index is 879. The van der Waals surface area contributed by atoms with Crippen LogP contribution in [0.2, 0.25) is 0 Å². The normalized spacial score (nSPS) is 11.1. The minimum atomic E-state index is 0.0792. The SMILES string of the molecule is CSc1ncccc1NC(=O)CCCCCCCCSc1nc2ccccc2[nH]1. The molecule has 0 spiro atoms. The third kappa shape index (κ3) is 7.08. The van der Waals surface area contributed by atoms with E-state index in [2.05, 4.69) is 26.3 Å². The number of nitrogens with zero attached hydrogens (tertiary/aromatic N) is 2. The number of amides is 1. The van der Waals surface area contributed by atoms with Gasteiger partial charge in [-0.25, -0.2) is 9.97 Å². The van der Waals surface area contributed by atoms with Crippen molar-refractivity contribution in [2.45, 2.75) is 55.1 Å². The van der Waals surface area contributed by atoms with Gasteiger partial charge in [-0.1, -0.05) is 49.6 Å². The lowest BCUT2D eigenvalue weighted by molar-refractivity contribution is -0.116. The summed E-state index contributed by atoms with van der Waals surface area (Å²) in [6.07, 6.45) is 11.2. The number of para-hydroxylation sites is 2. The summed E-state index contributed by atoms with van der Waals surface area (Å²) < 4.78 is 0. The van der Waals surface area contributed by atoms with Crippen molar-refractivity contribution in [3.05, 3.63) is 42.6 Å². The molecule has 2 N–H and O–H groups in total. The predicted molar refractivity (Wildman–Crippen MR) is 124 cm³/mol. The van der Waals surface area contributed by atoms with Gasteiger partial charge >= 0.3 is 0 Å². The molecule has 7 heteroatoms. The topological polar surface area (TPSA) is 70.7 Å². The van der Waals surface area contributed by atoms with Crippen LogP contribution in [-0.2, 0) is 4.79 Å². The van der Waals surface area contributed by atoms with E-state index in [1.54, 1.807) is 29.7 Å². The number of fused-ring (bicyclic) bond motifs is 1. The minimum absolute atomic E-state index is 0.0792. The first-order valence-electron chi connectivity index (χ1n) is 10.1. The van der Waals surface area contributed by atoms with Gasteiger partial charge in [-0.05, 0) is 43.4 Å². The molecule has 0 atom stereocenters. The number of rotatable bonds is 12. The molecule has 0 fully saturated rings. The minimum Gasteiger partial charge on any atom is -0.333 e. The van der Waals surface area contributed by atoms with E-state index in [0.717, 1.165) is 45.5 Å². The van der Waals surface area contributed by atoms with Gasteiger partial charge in [0.1, 0.15) is 5.03 Å². The molecule has 0 saturated carbocycles. The Labute approximate surface area is 180 Å². The first-order valence-corrected chi connectivity index (χ1v) is 12.3. The molecule has 0 aliphatic rings. The first-order chi connectivity index (χ1) is 14.3. The summed E-state index contributed by atoms with van der Waals surface area (Å²) in [5, 5.41) is 4.84. The van der Waals surface area contributed by atoms with Crippen LogP contribution in [0.25, 0.3) is 11.0 Å². The maximum atomic E-state index is 12.1. The molecule has 1 amide bonds. The van der Waals surface area contributed by atoms with Gasteiger partial charge in [0, 0.05) is 18.4 Å². The van der Waals surface area contributed by atoms with Gasteiger partial charge < -0.3 is 10.3 Å². The Morgan fingerprint density at radius 1 is 1.03 bits per heavy atom. The number of thioether (sulfide) groups is 2. The van der Waals surface area contributed by atoms with Crippen LogP contribution in [0.15, 0.2) is 52.8 Å². The molecule has 0 aliphatic carbocycles. The summed E-state index contributed by atoms with van der Waals surface area (Å²) >= 11 is 3.34. The highest BCUT2D eigenvalue weighted by Crippen LogP contribution is 2.23. The largest absolute Gasteiger partial charge is 0.333 e. The molecule has 29 heavy (non-hydrogen) atoms. The Balaban J connectivity index is 1.21. The predicted octanol–water partition coefficient (Wildman–Crippen LogP) is 6.14. The molecule has 2 aromatic heterocycles. The number of carbonyl (C=O) groups excluding carboxylic acids is 1. The van der Waals surface area contributed by atoms with Gasteiger partial charge in [-0.2, -0.15) is 0 Å². The molecule has 3 aromatic rings. The van der Waals surface area contributed by atoms with E-state index >= 15 is 0 Å². The number of imidazole rings is 1. The number of pyridine rings is 1. The Hall–Kier alpha value is -1.99. The average Bonchev–Trinajstić information content (AvgIpc) is 3.16. The van der Waals surface area contributed by atoms with Gasteiger partial charge in [-0.3, -0.25) is 4.79 Å². The highest BCUT2D eigenvalue weighted by molar-refractivity contribution is 7.99. The van der Waals surface area contributed by atoms with Crippen molar-refractivity contribution in [1.29, 1.82) is 0 Å². The van der Waals surface area contributed by atoms with E-state index in [1.165, 1.54) is 25.7 Å². The second-order valence-electron chi connectivity index (χ2n) is 6.89. The molecular formula is C22H28N4OS2. The number of carbonyl (C=O) groups is 1. The number of aromatic nitrogens is 3. The van der Waals surface area contributed by atoms with E-state index < -0.39 is 0 Å². The number of aromatic amines is 1. The van der Waals surface area contributed by atoms with Crippen molar-refractivity contribution >= 4 is 46.2 Å². The Morgan fingerprint density at radius 3 is 2.66 bits per heavy atom. The maximum absolute atomic E-state index is 12.1. The molecule has 3 rings (SSSR count). The molecule has 0 aliphatic heterocycles. The zero-order chi connectivity index (χ0) is 20.3. The van der Waals surface area contributed by atoms with Crippen molar-refractivity contribution in [2.24, 2.45) is 0 Å². The van der Waals surface area contributed by atoms with Crippen molar-refractivity contribution in [3.63, 3.8) is 0 Å². The fourth-order valence-corrected chi connectivity index (χ4v) is 4.51. The van der Waals surface area contributed by atoms with E-state index in [0.29, 0.717) is 6.42 Å². The van der Waals surface area contributed by atoms with Crippen LogP contribution >= 0.6 is 23.5 Å². The van der Waals surface area contributed by atoms with Gasteiger partial charge in [-0.15, -0.1) is 11.8 Å². The van der Waals surface area contributed by atoms with Crippen LogP contribution < -0.4 is 5.32 Å². The molecule has 5 nitrogen and oxygen atoms in total. The van der Waals surface area contributed by atoms with Crippen LogP contribution in [0.4, 0.5) is 5.69 Å². The molecule has 0 bridgehead atoms. The monoisotopic (exact) mass is 428 g/mol. The summed E-state index contributed by atoms with van der Waals surface area (Å²) in [4.78, 5) is 24.3. The Morgan fingerprint density at radius 2 is 1.83 bits per heavy atom. The second-order valence-corrected chi connectivity index (χ2v) is 8.77. The third-order valence-electron chi connectivity index (χ3n) is 4.64. The second kappa shape index (κ2) is 11.9. The number of unbranched alkanes of at least 4 members (excludes halogenated alkanes) is 5. The number of H-pyrrole nitrogens is 1. The number of nitrogens with one attached hydrogen (secondary N) is 2. The average molecular weight is 429 g/mol. The van der Waals surface area contributed by atoms with Crippen molar-refractivity contribution in [3.8, 4) is 0 Å². The molecule has 0 radical (unpaired) electrons. The first kappa shape index (κ1) is 21.7. The smallest absolute Gasteiger partial charge is 0.224 e. The number of hydrogen-bond donors (Lipinski definition) is 2. The van der Waals surface area contributed by atoms with Crippen molar-refractivity contribution in [1.82, 2.24) is 15.0 Å². The number of anilines is 1. The van der Waals surface area contributed by atoms with Gasteiger partial charge in [0.25, 0.3) is 0 Å². The molecule has 0 saturated heterocycles. The molecule has 2 heterocycles. The lowest BCUT2D eigenvalue weighted by atomic mass is 10.1. The highest BCUT2D eigenvalue weighted by atomic mass is 32.2. The lowest BCUT2D eigenvalue weighted by Gasteiger charge is -2.08. The summed E-state index contributed by atoms with van der Waals surface area (Å²) in [7, 11) is 0. The summed E-state index contributed by atoms with van der Waals surface area (Å²) in [6, 6.07) is 11.9. The lowest BCUT2D eigenvalue weighted by Crippen LogP contribution is -2.12. The van der Waals surface area contributed by atoms with Gasteiger partial charge in [0.2, 0.25) is 5.91 Å². The van der Waals surface area contributed by atoms with Crippen molar-refractivity contribution in [2.75, 3.05) is 17.3 Å². The van der Waals surface area contributed by atoms with E-state index in [-0.39, 0.29) is 5.91 Å². The van der Waals surface area contributed by atoms with Crippen LogP contribution in [-0.4, -0.2) is 32.9 Å². The number of benzene rings is 1. The van der Waals surface area contributed by atoms with Crippen LogP contribution in [0.1, 0.15) is 44.9 Å². The third-order valence-corrected chi connectivity index (χ3v) is 6.31. The van der Waals surface area contributed by atoms with Crippen LogP contribution in [0.5, 0.6) is 0 Å². The van der Waals surface area contributed by atoms with Crippen molar-refractivity contribution < 1.29 is 4.79 Å². The summed E-state index contributed by atoms with van der Waals surface area (Å²) in [5.74, 6) is 1.17. The number of hydrogen-bond acceptors (Lipinski definition) is 5. The van der Waals surface area contributed by atoms with Gasteiger partial charge in [0.05, 0.1) is 16.7 Å². The fourth-order valence-electron chi connectivity index (χ4n) is 3.12. The van der Waals surface area contributed by atoms with Crippen LogP contribution in [0, 0.1) is 0 Å². The van der Waals surface area contributed by atoms with Gasteiger partial charge in [0.15, 0.2) is 5.16 Å². The van der Waals surface area contributed by atoms with E-state index in [1.807, 2.05) is 36.6 Å². The fraction of sp³-hybridized carbons (Fsp3) is 0.409. The Kier molecular flexibility index (Phi) is 8.89. The quantitative estimate of drug-likeness (QED) is 0.268. The summed E-state index contributed by atoms with van der Waals surface area (Å²) in [6.45, 7) is 0. The zero-order valence-electron chi connectivity index (χ0n) is 16.8. The molecule has 0 unspecified atom stereocenters. The van der Waals surface area contributed by atoms with Crippen LogP contribution in [0.3, 0.4) is 0 Å². The zero-order valence-corrected chi connectivity index (χ0v) is 18.5. The molecule has 154 valence electrons. The van der Waals surface area contributed by atoms with E-state index in [9.17, 15) is 4.79 Å².